The summed E-state index contributed by atoms with van der Waals surface area (Å²) in [5.41, 5.74) is -0.126. The molecule has 0 bridgehead atoms. The van der Waals surface area contributed by atoms with Crippen LogP contribution in [0.5, 0.6) is 34.5 Å². The normalized spacial score (nSPS) is 32.7. The van der Waals surface area contributed by atoms with Gasteiger partial charge in [0.1, 0.15) is 72.7 Å². The van der Waals surface area contributed by atoms with Crippen LogP contribution >= 0.6 is 0 Å². The molecule has 0 saturated carbocycles. The zero-order chi connectivity index (χ0) is 35.9. The van der Waals surface area contributed by atoms with Crippen molar-refractivity contribution in [1.29, 1.82) is 0 Å². The summed E-state index contributed by atoms with van der Waals surface area (Å²) in [6.07, 6.45) is -18.6. The molecule has 3 heterocycles. The number of ether oxygens (including phenoxy) is 6. The first-order chi connectivity index (χ1) is 23.0. The summed E-state index contributed by atoms with van der Waals surface area (Å²) in [6, 6.07) is 4.08. The van der Waals surface area contributed by atoms with Gasteiger partial charge in [0.2, 0.25) is 6.29 Å². The lowest BCUT2D eigenvalue weighted by Crippen LogP contribution is -2.64. The lowest BCUT2D eigenvalue weighted by Gasteiger charge is -2.46. The molecule has 0 aliphatic carbocycles. The van der Waals surface area contributed by atoms with Crippen molar-refractivity contribution >= 4 is 18.0 Å². The van der Waals surface area contributed by atoms with Gasteiger partial charge in [0, 0.05) is 17.7 Å². The van der Waals surface area contributed by atoms with Crippen LogP contribution in [-0.4, -0.2) is 136 Å². The van der Waals surface area contributed by atoms with Gasteiger partial charge in [-0.25, -0.2) is 0 Å². The second-order valence-corrected chi connectivity index (χ2v) is 11.5. The Morgan fingerprint density at radius 2 is 1.47 bits per heavy atom. The van der Waals surface area contributed by atoms with Crippen LogP contribution < -0.4 is 4.74 Å². The maximum absolute atomic E-state index is 11.9. The number of fused-ring (bicyclic) bond motifs is 1. The maximum Gasteiger partial charge on any atom is 0.317 e. The fourth-order valence-electron chi connectivity index (χ4n) is 5.40. The van der Waals surface area contributed by atoms with Crippen LogP contribution in [0.1, 0.15) is 30.6 Å². The number of carboxylic acids is 1. The molecule has 2 fully saturated rings. The predicted molar refractivity (Wildman–Crippen MR) is 155 cm³/mol. The second-order valence-electron chi connectivity index (χ2n) is 11.5. The number of hydrogen-bond donors (Lipinski definition) is 11. The molecule has 3 aliphatic rings. The van der Waals surface area contributed by atoms with Gasteiger partial charge in [0.25, 0.3) is 0 Å². The molecule has 5 rings (SSSR count). The van der Waals surface area contributed by atoms with Gasteiger partial charge in [0.15, 0.2) is 35.7 Å². The van der Waals surface area contributed by atoms with Gasteiger partial charge in [-0.05, 0) is 25.1 Å². The lowest BCUT2D eigenvalue weighted by molar-refractivity contribution is -0.361. The Kier molecular flexibility index (Phi) is 10.3. The van der Waals surface area contributed by atoms with Crippen molar-refractivity contribution in [3.8, 4) is 34.5 Å². The molecule has 19 heteroatoms. The van der Waals surface area contributed by atoms with Crippen LogP contribution in [0.15, 0.2) is 30.0 Å². The van der Waals surface area contributed by atoms with Crippen molar-refractivity contribution in [3.05, 3.63) is 41.2 Å². The minimum absolute atomic E-state index is 0.0544. The predicted octanol–water partition coefficient (Wildman–Crippen LogP) is -1.62. The van der Waals surface area contributed by atoms with Gasteiger partial charge in [-0.2, -0.15) is 0 Å². The molecule has 11 N–H and O–H groups in total. The number of carbonyl (C=O) groups is 2. The third-order valence-corrected chi connectivity index (χ3v) is 7.99. The van der Waals surface area contributed by atoms with E-state index in [-0.39, 0.29) is 22.6 Å². The van der Waals surface area contributed by atoms with Gasteiger partial charge < -0.3 is 84.6 Å². The molecular weight excluding hydrogens is 664 g/mol. The number of aliphatic hydroxyl groups is 5. The summed E-state index contributed by atoms with van der Waals surface area (Å²) in [6.45, 7) is 0.552. The highest BCUT2D eigenvalue weighted by molar-refractivity contribution is 5.90. The number of hydrogen-bond acceptors (Lipinski definition) is 18. The van der Waals surface area contributed by atoms with Crippen molar-refractivity contribution in [1.82, 2.24) is 0 Å². The Hall–Kier alpha value is -4.60. The highest BCUT2D eigenvalue weighted by Crippen LogP contribution is 2.47. The van der Waals surface area contributed by atoms with E-state index in [2.05, 4.69) is 0 Å². The molecule has 0 aromatic heterocycles. The van der Waals surface area contributed by atoms with Gasteiger partial charge >= 0.3 is 11.9 Å². The molecule has 11 atom stereocenters. The summed E-state index contributed by atoms with van der Waals surface area (Å²) >= 11 is 0. The molecular formula is C30H34O19. The summed E-state index contributed by atoms with van der Waals surface area (Å²) in [5.74, 6) is -6.46. The third kappa shape index (κ3) is 7.38. The molecule has 268 valence electrons. The van der Waals surface area contributed by atoms with E-state index in [0.29, 0.717) is 0 Å². The number of aliphatic hydroxyl groups excluding tert-OH is 5. The van der Waals surface area contributed by atoms with Crippen LogP contribution in [0.4, 0.5) is 0 Å². The lowest BCUT2D eigenvalue weighted by atomic mass is 9.97. The number of phenols is 5. The molecule has 1 unspecified atom stereocenters. The fourth-order valence-corrected chi connectivity index (χ4v) is 5.40. The molecule has 3 aliphatic heterocycles. The molecule has 0 radical (unpaired) electrons. The Balaban J connectivity index is 1.53. The van der Waals surface area contributed by atoms with Gasteiger partial charge in [-0.15, -0.1) is 0 Å². The van der Waals surface area contributed by atoms with Crippen molar-refractivity contribution in [2.45, 2.75) is 80.9 Å². The van der Waals surface area contributed by atoms with Crippen molar-refractivity contribution in [3.63, 3.8) is 0 Å². The second kappa shape index (κ2) is 14.1. The average molecular weight is 699 g/mol. The van der Waals surface area contributed by atoms with E-state index < -0.39 is 121 Å². The zero-order valence-electron chi connectivity index (χ0n) is 25.3. The van der Waals surface area contributed by atoms with E-state index in [1.54, 1.807) is 0 Å². The van der Waals surface area contributed by atoms with Crippen LogP contribution in [0, 0.1) is 0 Å². The molecule has 2 aromatic rings. The smallest absolute Gasteiger partial charge is 0.317 e. The first-order valence-electron chi connectivity index (χ1n) is 14.7. The monoisotopic (exact) mass is 698 g/mol. The zero-order valence-corrected chi connectivity index (χ0v) is 25.3. The van der Waals surface area contributed by atoms with Gasteiger partial charge in [-0.3, -0.25) is 9.59 Å². The van der Waals surface area contributed by atoms with E-state index in [0.717, 1.165) is 24.3 Å². The van der Waals surface area contributed by atoms with Gasteiger partial charge in [-0.1, -0.05) is 0 Å². The Bertz CT molecular complexity index is 1570. The van der Waals surface area contributed by atoms with Gasteiger partial charge in [0.05, 0.1) is 11.7 Å². The van der Waals surface area contributed by atoms with Crippen molar-refractivity contribution in [2.75, 3.05) is 6.61 Å². The first-order valence-corrected chi connectivity index (χ1v) is 14.7. The molecule has 0 amide bonds. The maximum atomic E-state index is 11.9. The molecule has 2 saturated heterocycles. The molecule has 2 aromatic carbocycles. The van der Waals surface area contributed by atoms with E-state index in [9.17, 15) is 60.7 Å². The topological polar surface area (TPSA) is 312 Å². The largest absolute Gasteiger partial charge is 0.508 e. The number of esters is 1. The van der Waals surface area contributed by atoms with Crippen LogP contribution in [0.25, 0.3) is 6.08 Å². The first kappa shape index (κ1) is 35.7. The Morgan fingerprint density at radius 1 is 0.796 bits per heavy atom. The summed E-state index contributed by atoms with van der Waals surface area (Å²) in [4.78, 5) is 22.8. The number of rotatable bonds is 9. The molecule has 49 heavy (non-hydrogen) atoms. The number of carbonyl (C=O) groups excluding carboxylic acids is 1. The van der Waals surface area contributed by atoms with E-state index in [4.69, 9.17) is 33.5 Å². The average Bonchev–Trinajstić information content (AvgIpc) is 3.03. The SMILES string of the molecule is C[C@@H]1O[C@@H](O[C@H]2[C@H](OC3=Cc4c(O)cc(O)cc4OC3c3cc(O)c(O)c(O)c3)O[C@H](COC(=O)CC(=O)O)[C@@H](O)[C@@H]2O)[C@H](O)[C@H](O)[C@H]1O. The number of aliphatic carboxylic acids is 1. The van der Waals surface area contributed by atoms with E-state index in [1.807, 2.05) is 0 Å². The molecule has 19 nitrogen and oxygen atoms in total. The summed E-state index contributed by atoms with van der Waals surface area (Å²) < 4.78 is 33.9. The quantitative estimate of drug-likeness (QED) is 0.0796. The van der Waals surface area contributed by atoms with Crippen LogP contribution in [0.2, 0.25) is 0 Å². The molecule has 0 spiro atoms. The summed E-state index contributed by atoms with van der Waals surface area (Å²) in [5, 5.41) is 113. The van der Waals surface area contributed by atoms with E-state index >= 15 is 0 Å². The number of aromatic hydroxyl groups is 5. The fraction of sp³-hybridized carbons (Fsp3) is 0.467. The summed E-state index contributed by atoms with van der Waals surface area (Å²) in [7, 11) is 0. The Labute approximate surface area is 275 Å². The standard InChI is InChI=1S/C30H34O19/c1-9-21(38)24(41)26(43)29(45-9)49-28-25(42)23(40)18(8-44-20(37)7-19(35)36)48-30(28)47-17-6-12-13(32)4-11(31)5-16(12)46-27(17)10-2-14(33)22(39)15(34)3-10/h2-6,9,18,21,23-34,38-43H,7-8H2,1H3,(H,35,36)/t9-,18+,21-,23+,24+,25-,26+,27?,28+,29-,30+/m0/s1. The number of phenolic OH excluding ortho intramolecular Hbond substituents is 5. The Morgan fingerprint density at radius 3 is 2.12 bits per heavy atom. The number of benzene rings is 2. The highest BCUT2D eigenvalue weighted by atomic mass is 16.8. The van der Waals surface area contributed by atoms with Crippen LogP contribution in [-0.2, 0) is 33.3 Å². The minimum atomic E-state index is -2.00. The minimum Gasteiger partial charge on any atom is -0.508 e. The highest BCUT2D eigenvalue weighted by Gasteiger charge is 2.52. The van der Waals surface area contributed by atoms with Crippen molar-refractivity contribution < 1.29 is 94.2 Å². The van der Waals surface area contributed by atoms with Crippen LogP contribution in [0.3, 0.4) is 0 Å². The third-order valence-electron chi connectivity index (χ3n) is 7.99. The van der Waals surface area contributed by atoms with E-state index in [1.165, 1.54) is 13.0 Å². The van der Waals surface area contributed by atoms with Crippen molar-refractivity contribution in [2.24, 2.45) is 0 Å². The number of carboxylic acid groups (broad SMARTS) is 1.